The molecule has 212 valence electrons. The van der Waals surface area contributed by atoms with Gasteiger partial charge in [0.1, 0.15) is 17.9 Å². The Morgan fingerprint density at radius 3 is 2.35 bits per heavy atom. The number of aromatic carboxylic acids is 1. The normalized spacial score (nSPS) is 20.5. The fourth-order valence-electron chi connectivity index (χ4n) is 5.27. The second-order valence-corrected chi connectivity index (χ2v) is 11.1. The highest BCUT2D eigenvalue weighted by Crippen LogP contribution is 2.39. The molecule has 1 aliphatic carbocycles. The summed E-state index contributed by atoms with van der Waals surface area (Å²) in [5.41, 5.74) is 0.109. The van der Waals surface area contributed by atoms with Gasteiger partial charge in [-0.05, 0) is 93.8 Å². The monoisotopic (exact) mass is 573 g/mol. The second kappa shape index (κ2) is 11.9. The van der Waals surface area contributed by atoms with Crippen molar-refractivity contribution in [3.05, 3.63) is 82.4 Å². The Hall–Kier alpha value is -3.56. The van der Waals surface area contributed by atoms with E-state index in [2.05, 4.69) is 5.32 Å². The predicted octanol–water partition coefficient (Wildman–Crippen LogP) is 6.45. The van der Waals surface area contributed by atoms with Crippen LogP contribution in [0, 0.1) is 11.7 Å². The van der Waals surface area contributed by atoms with E-state index >= 15 is 4.39 Å². The van der Waals surface area contributed by atoms with Crippen molar-refractivity contribution in [3.63, 3.8) is 0 Å². The van der Waals surface area contributed by atoms with E-state index in [9.17, 15) is 24.3 Å². The van der Waals surface area contributed by atoms with Crippen molar-refractivity contribution in [3.8, 4) is 11.1 Å². The van der Waals surface area contributed by atoms with Gasteiger partial charge in [-0.3, -0.25) is 10.0 Å². The standard InChI is InChI=1S/C30H31ClF2N2O5/c1-17(32)22-8-9-24(31)27(33)26(22)20-5-10-25(35(40)16-20)23(15-18-11-13-30(2,39)14-12-18)28(36)34-21-6-3-19(4-7-21)29(37)38/h3-10,16-18,23,39H,11-15H2,1-2H3,(H2-,34,36,37,38,40)/p+1. The molecule has 7 nitrogen and oxygen atoms in total. The molecule has 4 rings (SSSR count). The quantitative estimate of drug-likeness (QED) is 0.183. The smallest absolute Gasteiger partial charge is 0.335 e. The summed E-state index contributed by atoms with van der Waals surface area (Å²) in [6.45, 7) is 3.06. The number of carboxylic acid groups (broad SMARTS) is 1. The minimum atomic E-state index is -1.50. The average Bonchev–Trinajstić information content (AvgIpc) is 2.90. The van der Waals surface area contributed by atoms with Gasteiger partial charge < -0.3 is 15.5 Å². The lowest BCUT2D eigenvalue weighted by Gasteiger charge is -2.34. The number of halogens is 3. The number of nitrogens with zero attached hydrogens (tertiary/aromatic N) is 1. The van der Waals surface area contributed by atoms with E-state index in [1.165, 1.54) is 61.7 Å². The first-order chi connectivity index (χ1) is 18.9. The zero-order valence-electron chi connectivity index (χ0n) is 22.2. The molecule has 1 aliphatic rings. The largest absolute Gasteiger partial charge is 0.478 e. The summed E-state index contributed by atoms with van der Waals surface area (Å²) in [4.78, 5) is 24.7. The zero-order chi connectivity index (χ0) is 29.2. The van der Waals surface area contributed by atoms with Crippen LogP contribution >= 0.6 is 11.6 Å². The first-order valence-electron chi connectivity index (χ1n) is 13.1. The molecule has 3 aromatic rings. The number of alkyl halides is 1. The van der Waals surface area contributed by atoms with Gasteiger partial charge in [-0.2, -0.15) is 0 Å². The highest BCUT2D eigenvalue weighted by molar-refractivity contribution is 6.31. The second-order valence-electron chi connectivity index (χ2n) is 10.7. The molecule has 0 spiro atoms. The van der Waals surface area contributed by atoms with E-state index in [-0.39, 0.29) is 38.9 Å². The molecule has 1 fully saturated rings. The van der Waals surface area contributed by atoms with Gasteiger partial charge in [-0.25, -0.2) is 13.6 Å². The van der Waals surface area contributed by atoms with E-state index < -0.39 is 35.4 Å². The number of carboxylic acids is 1. The molecular weight excluding hydrogens is 542 g/mol. The minimum absolute atomic E-state index is 0.0720. The Kier molecular flexibility index (Phi) is 8.75. The fourth-order valence-corrected chi connectivity index (χ4v) is 5.43. The van der Waals surface area contributed by atoms with E-state index in [0.29, 0.717) is 37.8 Å². The summed E-state index contributed by atoms with van der Waals surface area (Å²) < 4.78 is 30.1. The molecule has 1 heterocycles. The highest BCUT2D eigenvalue weighted by atomic mass is 35.5. The minimum Gasteiger partial charge on any atom is -0.478 e. The van der Waals surface area contributed by atoms with Gasteiger partial charge in [0.25, 0.3) is 0 Å². The maximum Gasteiger partial charge on any atom is 0.335 e. The predicted molar refractivity (Wildman–Crippen MR) is 146 cm³/mol. The van der Waals surface area contributed by atoms with Gasteiger partial charge in [0, 0.05) is 22.0 Å². The van der Waals surface area contributed by atoms with Crippen LogP contribution in [-0.4, -0.2) is 32.9 Å². The number of benzene rings is 2. The first kappa shape index (κ1) is 29.4. The van der Waals surface area contributed by atoms with Gasteiger partial charge >= 0.3 is 5.97 Å². The van der Waals surface area contributed by atoms with Crippen LogP contribution in [0.3, 0.4) is 0 Å². The summed E-state index contributed by atoms with van der Waals surface area (Å²) in [6.07, 6.45) is 2.65. The van der Waals surface area contributed by atoms with Crippen LogP contribution < -0.4 is 10.0 Å². The van der Waals surface area contributed by atoms with Gasteiger partial charge in [0.15, 0.2) is 0 Å². The van der Waals surface area contributed by atoms with Crippen molar-refractivity contribution in [2.75, 3.05) is 5.32 Å². The Morgan fingerprint density at radius 1 is 1.12 bits per heavy atom. The third-order valence-electron chi connectivity index (χ3n) is 7.63. The average molecular weight is 574 g/mol. The van der Waals surface area contributed by atoms with Crippen molar-refractivity contribution < 1.29 is 38.5 Å². The van der Waals surface area contributed by atoms with Crippen molar-refractivity contribution >= 4 is 29.2 Å². The lowest BCUT2D eigenvalue weighted by atomic mass is 9.75. The third kappa shape index (κ3) is 6.59. The molecule has 2 aromatic carbocycles. The molecule has 0 radical (unpaired) electrons. The van der Waals surface area contributed by atoms with Crippen LogP contribution in [0.15, 0.2) is 54.7 Å². The molecule has 0 saturated heterocycles. The Labute approximate surface area is 236 Å². The van der Waals surface area contributed by atoms with E-state index in [4.69, 9.17) is 16.7 Å². The number of amides is 1. The molecule has 1 aromatic heterocycles. The van der Waals surface area contributed by atoms with Crippen LogP contribution in [0.25, 0.3) is 11.1 Å². The third-order valence-corrected chi connectivity index (χ3v) is 7.92. The van der Waals surface area contributed by atoms with Crippen LogP contribution in [-0.2, 0) is 4.79 Å². The number of rotatable bonds is 8. The fraction of sp³-hybridized carbons (Fsp3) is 0.367. The molecule has 1 amide bonds. The van der Waals surface area contributed by atoms with Crippen molar-refractivity contribution in [1.29, 1.82) is 0 Å². The Bertz CT molecular complexity index is 1400. The summed E-state index contributed by atoms with van der Waals surface area (Å²) in [5.74, 6) is -3.08. The molecule has 10 heteroatoms. The molecular formula is C30H32ClF2N2O5+. The summed E-state index contributed by atoms with van der Waals surface area (Å²) in [5, 5.41) is 33.1. The first-order valence-corrected chi connectivity index (χ1v) is 13.5. The van der Waals surface area contributed by atoms with E-state index in [1.807, 2.05) is 0 Å². The van der Waals surface area contributed by atoms with Crippen LogP contribution in [0.5, 0.6) is 0 Å². The van der Waals surface area contributed by atoms with Crippen molar-refractivity contribution in [2.24, 2.45) is 5.92 Å². The number of carbonyl (C=O) groups is 2. The molecule has 2 atom stereocenters. The maximum absolute atomic E-state index is 15.0. The topological polar surface area (TPSA) is 111 Å². The zero-order valence-corrected chi connectivity index (χ0v) is 23.0. The highest BCUT2D eigenvalue weighted by Gasteiger charge is 2.36. The van der Waals surface area contributed by atoms with Crippen molar-refractivity contribution in [1.82, 2.24) is 0 Å². The SMILES string of the molecule is CC(F)c1ccc(Cl)c(F)c1-c1ccc(C(CC2CCC(C)(O)CC2)C(=O)Nc2ccc(C(=O)O)cc2)[n+](O)c1. The van der Waals surface area contributed by atoms with Gasteiger partial charge in [0.2, 0.25) is 17.8 Å². The number of hydrogen-bond acceptors (Lipinski definition) is 4. The van der Waals surface area contributed by atoms with Crippen LogP contribution in [0.4, 0.5) is 14.5 Å². The maximum atomic E-state index is 15.0. The van der Waals surface area contributed by atoms with Gasteiger partial charge in [-0.15, -0.1) is 0 Å². The summed E-state index contributed by atoms with van der Waals surface area (Å²) in [7, 11) is 0. The molecule has 0 bridgehead atoms. The Morgan fingerprint density at radius 2 is 1.77 bits per heavy atom. The molecule has 40 heavy (non-hydrogen) atoms. The van der Waals surface area contributed by atoms with Crippen molar-refractivity contribution in [2.45, 2.75) is 63.6 Å². The molecule has 0 aliphatic heterocycles. The van der Waals surface area contributed by atoms with Crippen LogP contribution in [0.1, 0.15) is 79.7 Å². The van der Waals surface area contributed by atoms with E-state index in [0.717, 1.165) is 4.73 Å². The number of nitrogens with one attached hydrogen (secondary N) is 1. The number of aromatic nitrogens is 1. The molecule has 2 unspecified atom stereocenters. The van der Waals surface area contributed by atoms with Gasteiger partial charge in [0.05, 0.1) is 21.8 Å². The molecule has 4 N–H and O–H groups in total. The van der Waals surface area contributed by atoms with Gasteiger partial charge in [-0.1, -0.05) is 17.7 Å². The summed E-state index contributed by atoms with van der Waals surface area (Å²) >= 11 is 5.97. The van der Waals surface area contributed by atoms with Crippen LogP contribution in [0.2, 0.25) is 5.02 Å². The lowest BCUT2D eigenvalue weighted by molar-refractivity contribution is -0.909. The lowest BCUT2D eigenvalue weighted by Crippen LogP contribution is -2.41. The molecule has 1 saturated carbocycles. The number of pyridine rings is 1. The summed E-state index contributed by atoms with van der Waals surface area (Å²) in [6, 6.07) is 11.4. The number of carbonyl (C=O) groups excluding carboxylic acids is 1. The number of hydrogen-bond donors (Lipinski definition) is 4. The number of aliphatic hydroxyl groups is 1. The Balaban J connectivity index is 1.68. The number of anilines is 1. The van der Waals surface area contributed by atoms with E-state index in [1.54, 1.807) is 6.92 Å².